The molecule has 0 aliphatic rings. The highest BCUT2D eigenvalue weighted by molar-refractivity contribution is 9.10. The number of nitrogens with one attached hydrogen (secondary N) is 1. The van der Waals surface area contributed by atoms with E-state index in [0.29, 0.717) is 18.1 Å². The minimum absolute atomic E-state index is 0.427. The number of nitrogens with zero attached hydrogens (tertiary/aromatic N) is 1. The van der Waals surface area contributed by atoms with Crippen molar-refractivity contribution in [3.05, 3.63) is 34.3 Å². The summed E-state index contributed by atoms with van der Waals surface area (Å²) < 4.78 is 10.3. The molecule has 0 amide bonds. The van der Waals surface area contributed by atoms with Crippen LogP contribution in [0.25, 0.3) is 0 Å². The predicted molar refractivity (Wildman–Crippen MR) is 74.5 cm³/mol. The lowest BCUT2D eigenvalue weighted by atomic mass is 10.2. The number of aromatic nitrogens is 1. The number of nitrogens with two attached hydrogens (primary N) is 1. The van der Waals surface area contributed by atoms with Crippen LogP contribution in [0.15, 0.2) is 28.7 Å². The molecule has 2 rings (SSSR count). The van der Waals surface area contributed by atoms with Gasteiger partial charge in [-0.3, -0.25) is 0 Å². The summed E-state index contributed by atoms with van der Waals surface area (Å²) in [5.41, 5.74) is 6.85. The minimum Gasteiger partial charge on any atom is -0.490 e. The number of methoxy groups -OCH3 is 1. The highest BCUT2D eigenvalue weighted by Crippen LogP contribution is 2.34. The zero-order valence-corrected chi connectivity index (χ0v) is 11.6. The number of hydrogen-bond acceptors (Lipinski definition) is 5. The topological polar surface area (TPSA) is 60.2 Å². The van der Waals surface area contributed by atoms with Gasteiger partial charge in [-0.15, -0.1) is 0 Å². The lowest BCUT2D eigenvalue weighted by Crippen LogP contribution is -1.99. The monoisotopic (exact) mass is 313 g/mol. The van der Waals surface area contributed by atoms with Crippen molar-refractivity contribution in [3.63, 3.8) is 0 Å². The van der Waals surface area contributed by atoms with Crippen molar-refractivity contribution in [1.29, 1.82) is 0 Å². The number of ether oxygens (including phenoxy) is 1. The third-order valence-corrected chi connectivity index (χ3v) is 3.57. The van der Waals surface area contributed by atoms with Gasteiger partial charge in [-0.1, -0.05) is 28.1 Å². The fourth-order valence-corrected chi connectivity index (χ4v) is 2.33. The maximum absolute atomic E-state index is 5.67. The molecule has 0 aliphatic heterocycles. The lowest BCUT2D eigenvalue weighted by molar-refractivity contribution is 0.419. The van der Waals surface area contributed by atoms with E-state index < -0.39 is 0 Å². The maximum Gasteiger partial charge on any atom is 0.197 e. The van der Waals surface area contributed by atoms with Crippen LogP contribution in [0.4, 0.5) is 10.8 Å². The molecule has 0 bridgehead atoms. The maximum atomic E-state index is 5.67. The van der Waals surface area contributed by atoms with E-state index in [2.05, 4.69) is 25.6 Å². The van der Waals surface area contributed by atoms with Crippen molar-refractivity contribution < 1.29 is 4.74 Å². The number of hydrogen-bond donors (Lipinski definition) is 2. The second kappa shape index (κ2) is 5.37. The molecule has 17 heavy (non-hydrogen) atoms. The first-order valence-corrected chi connectivity index (χ1v) is 6.55. The molecule has 0 radical (unpaired) electrons. The van der Waals surface area contributed by atoms with E-state index in [4.69, 9.17) is 10.5 Å². The quantitative estimate of drug-likeness (QED) is 0.910. The van der Waals surface area contributed by atoms with Gasteiger partial charge in [0.1, 0.15) is 0 Å². The average Bonchev–Trinajstić information content (AvgIpc) is 2.69. The first-order chi connectivity index (χ1) is 8.20. The molecule has 0 unspecified atom stereocenters. The molecule has 1 aromatic heterocycles. The van der Waals surface area contributed by atoms with Crippen LogP contribution < -0.4 is 15.8 Å². The van der Waals surface area contributed by atoms with Crippen molar-refractivity contribution in [2.24, 2.45) is 0 Å². The van der Waals surface area contributed by atoms with Crippen LogP contribution in [0.5, 0.6) is 5.75 Å². The number of halogens is 1. The second-order valence-corrected chi connectivity index (χ2v) is 5.10. The summed E-state index contributed by atoms with van der Waals surface area (Å²) >= 11 is 4.71. The zero-order chi connectivity index (χ0) is 12.3. The molecular formula is C11H12BrN3OS. The van der Waals surface area contributed by atoms with Gasteiger partial charge in [0.05, 0.1) is 7.11 Å². The van der Waals surface area contributed by atoms with E-state index in [-0.39, 0.29) is 0 Å². The van der Waals surface area contributed by atoms with Gasteiger partial charge >= 0.3 is 0 Å². The molecule has 0 atom stereocenters. The van der Waals surface area contributed by atoms with Crippen LogP contribution in [0.1, 0.15) is 5.56 Å². The number of nitrogen functional groups attached to an aromatic ring is 1. The Morgan fingerprint density at radius 3 is 2.76 bits per heavy atom. The molecule has 1 aromatic carbocycles. The Morgan fingerprint density at radius 2 is 2.12 bits per heavy atom. The summed E-state index contributed by atoms with van der Waals surface area (Å²) in [4.78, 5) is 0. The van der Waals surface area contributed by atoms with Gasteiger partial charge in [0.15, 0.2) is 16.6 Å². The third kappa shape index (κ3) is 2.89. The smallest absolute Gasteiger partial charge is 0.197 e. The molecule has 2 aromatic rings. The molecule has 90 valence electrons. The number of benzene rings is 1. The van der Waals surface area contributed by atoms with E-state index in [1.807, 2.05) is 24.3 Å². The normalized spacial score (nSPS) is 10.2. The van der Waals surface area contributed by atoms with E-state index >= 15 is 0 Å². The predicted octanol–water partition coefficient (Wildman–Crippen LogP) is 3.11. The molecule has 6 heteroatoms. The van der Waals surface area contributed by atoms with Gasteiger partial charge in [0.2, 0.25) is 0 Å². The van der Waals surface area contributed by atoms with E-state index in [1.54, 1.807) is 7.11 Å². The van der Waals surface area contributed by atoms with Gasteiger partial charge < -0.3 is 15.8 Å². The summed E-state index contributed by atoms with van der Waals surface area (Å²) in [5.74, 6) is 1.04. The first kappa shape index (κ1) is 12.2. The van der Waals surface area contributed by atoms with Crippen LogP contribution in [0.3, 0.4) is 0 Å². The van der Waals surface area contributed by atoms with Crippen molar-refractivity contribution in [1.82, 2.24) is 4.37 Å². The Balaban J connectivity index is 2.04. The summed E-state index contributed by atoms with van der Waals surface area (Å²) in [6.07, 6.45) is 0. The summed E-state index contributed by atoms with van der Waals surface area (Å²) in [6, 6.07) is 8.12. The summed E-state index contributed by atoms with van der Waals surface area (Å²) in [6.45, 7) is 0.714. The van der Waals surface area contributed by atoms with Crippen LogP contribution in [-0.2, 0) is 6.54 Å². The van der Waals surface area contributed by atoms with Crippen molar-refractivity contribution in [2.75, 3.05) is 18.2 Å². The minimum atomic E-state index is 0.427. The standard InChI is InChI=1S/C11H12BrN3OS/c1-16-9-10(13)15-17-11(9)14-6-7-2-4-8(12)5-3-7/h2-5,14H,6H2,1H3,(H2,13,15). The summed E-state index contributed by atoms with van der Waals surface area (Å²) in [5, 5.41) is 4.11. The van der Waals surface area contributed by atoms with Gasteiger partial charge in [0, 0.05) is 11.0 Å². The van der Waals surface area contributed by atoms with Crippen LogP contribution in [-0.4, -0.2) is 11.5 Å². The molecule has 3 N–H and O–H groups in total. The van der Waals surface area contributed by atoms with Crippen molar-refractivity contribution >= 4 is 38.3 Å². The van der Waals surface area contributed by atoms with Crippen molar-refractivity contribution in [3.8, 4) is 5.75 Å². The Kier molecular flexibility index (Phi) is 3.86. The third-order valence-electron chi connectivity index (χ3n) is 2.24. The van der Waals surface area contributed by atoms with E-state index in [0.717, 1.165) is 9.47 Å². The van der Waals surface area contributed by atoms with E-state index in [9.17, 15) is 0 Å². The van der Waals surface area contributed by atoms with Gasteiger partial charge in [-0.05, 0) is 29.2 Å². The molecule has 0 fully saturated rings. The fourth-order valence-electron chi connectivity index (χ4n) is 1.39. The number of anilines is 2. The Hall–Kier alpha value is -1.27. The molecule has 0 aliphatic carbocycles. The largest absolute Gasteiger partial charge is 0.490 e. The van der Waals surface area contributed by atoms with Crippen LogP contribution in [0, 0.1) is 0 Å². The molecule has 0 saturated heterocycles. The van der Waals surface area contributed by atoms with E-state index in [1.165, 1.54) is 17.1 Å². The zero-order valence-electron chi connectivity index (χ0n) is 9.24. The van der Waals surface area contributed by atoms with Gasteiger partial charge in [0.25, 0.3) is 0 Å². The first-order valence-electron chi connectivity index (χ1n) is 4.98. The fraction of sp³-hybridized carbons (Fsp3) is 0.182. The number of rotatable bonds is 4. The van der Waals surface area contributed by atoms with Crippen molar-refractivity contribution in [2.45, 2.75) is 6.54 Å². The molecule has 0 spiro atoms. The Labute approximate surface area is 112 Å². The molecule has 4 nitrogen and oxygen atoms in total. The van der Waals surface area contributed by atoms with Gasteiger partial charge in [-0.25, -0.2) is 0 Å². The molecule has 1 heterocycles. The Bertz CT molecular complexity index is 498. The molecule has 0 saturated carbocycles. The lowest BCUT2D eigenvalue weighted by Gasteiger charge is -2.06. The van der Waals surface area contributed by atoms with Crippen LogP contribution >= 0.6 is 27.5 Å². The highest BCUT2D eigenvalue weighted by Gasteiger charge is 2.10. The van der Waals surface area contributed by atoms with Gasteiger partial charge in [-0.2, -0.15) is 4.37 Å². The summed E-state index contributed by atoms with van der Waals surface area (Å²) in [7, 11) is 1.59. The SMILES string of the molecule is COc1c(N)nsc1NCc1ccc(Br)cc1. The Morgan fingerprint density at radius 1 is 1.41 bits per heavy atom. The second-order valence-electron chi connectivity index (χ2n) is 3.41. The highest BCUT2D eigenvalue weighted by atomic mass is 79.9. The average molecular weight is 314 g/mol. The van der Waals surface area contributed by atoms with Crippen LogP contribution in [0.2, 0.25) is 0 Å². The molecular weight excluding hydrogens is 302 g/mol.